The van der Waals surface area contributed by atoms with Gasteiger partial charge in [0.2, 0.25) is 0 Å². The van der Waals surface area contributed by atoms with Crippen LogP contribution in [0, 0.1) is 0 Å². The summed E-state index contributed by atoms with van der Waals surface area (Å²) in [5.41, 5.74) is 0. The van der Waals surface area contributed by atoms with E-state index in [4.69, 9.17) is 14.2 Å². The maximum absolute atomic E-state index is 12.8. The summed E-state index contributed by atoms with van der Waals surface area (Å²) >= 11 is 0. The molecule has 0 bridgehead atoms. The Morgan fingerprint density at radius 2 is 0.636 bits per heavy atom. The fourth-order valence-corrected chi connectivity index (χ4v) is 7.24. The smallest absolute Gasteiger partial charge is 0.306 e. The Balaban J connectivity index is 4.54. The van der Waals surface area contributed by atoms with Gasteiger partial charge < -0.3 is 14.2 Å². The second-order valence-electron chi connectivity index (χ2n) is 17.8. The number of allylic oxidation sites excluding steroid dienone is 16. The molecule has 66 heavy (non-hydrogen) atoms. The van der Waals surface area contributed by atoms with Crippen molar-refractivity contribution in [2.75, 3.05) is 13.2 Å². The highest BCUT2D eigenvalue weighted by Gasteiger charge is 2.19. The van der Waals surface area contributed by atoms with Crippen LogP contribution in [0.5, 0.6) is 0 Å². The highest BCUT2D eigenvalue weighted by Crippen LogP contribution is 2.13. The molecule has 0 heterocycles. The number of esters is 3. The van der Waals surface area contributed by atoms with E-state index in [1.54, 1.807) is 0 Å². The lowest BCUT2D eigenvalue weighted by molar-refractivity contribution is -0.167. The van der Waals surface area contributed by atoms with Gasteiger partial charge in [0.15, 0.2) is 6.10 Å². The molecule has 0 saturated carbocycles. The van der Waals surface area contributed by atoms with Gasteiger partial charge in [-0.3, -0.25) is 14.4 Å². The minimum atomic E-state index is -0.816. The van der Waals surface area contributed by atoms with Gasteiger partial charge in [0.1, 0.15) is 13.2 Å². The lowest BCUT2D eigenvalue weighted by Crippen LogP contribution is -2.30. The lowest BCUT2D eigenvalue weighted by Gasteiger charge is -2.18. The van der Waals surface area contributed by atoms with Crippen LogP contribution in [0.15, 0.2) is 97.2 Å². The van der Waals surface area contributed by atoms with Crippen molar-refractivity contribution in [1.82, 2.24) is 0 Å². The summed E-state index contributed by atoms with van der Waals surface area (Å²) in [5, 5.41) is 0. The number of hydrogen-bond donors (Lipinski definition) is 0. The summed E-state index contributed by atoms with van der Waals surface area (Å²) in [7, 11) is 0. The van der Waals surface area contributed by atoms with Gasteiger partial charge in [0, 0.05) is 19.3 Å². The fraction of sp³-hybridized carbons (Fsp3) is 0.683. The zero-order chi connectivity index (χ0) is 47.9. The minimum Gasteiger partial charge on any atom is -0.462 e. The van der Waals surface area contributed by atoms with Crippen LogP contribution in [0.4, 0.5) is 0 Å². The topological polar surface area (TPSA) is 78.9 Å². The summed E-state index contributed by atoms with van der Waals surface area (Å²) in [6, 6.07) is 0. The third kappa shape index (κ3) is 51.3. The molecular weight excluding hydrogens is 817 g/mol. The van der Waals surface area contributed by atoms with E-state index in [9.17, 15) is 14.4 Å². The Hall–Kier alpha value is -3.67. The van der Waals surface area contributed by atoms with Crippen LogP contribution < -0.4 is 0 Å². The number of carbonyl (C=O) groups is 3. The summed E-state index contributed by atoms with van der Waals surface area (Å²) in [6.07, 6.45) is 71.1. The second kappa shape index (κ2) is 53.9. The van der Waals surface area contributed by atoms with Crippen molar-refractivity contribution in [3.63, 3.8) is 0 Å². The first-order valence-electron chi connectivity index (χ1n) is 27.3. The van der Waals surface area contributed by atoms with Crippen LogP contribution in [-0.4, -0.2) is 37.2 Å². The molecule has 1 atom stereocenters. The van der Waals surface area contributed by atoms with Crippen LogP contribution in [0.25, 0.3) is 0 Å². The number of carbonyl (C=O) groups excluding carboxylic acids is 3. The first kappa shape index (κ1) is 62.3. The summed E-state index contributed by atoms with van der Waals surface area (Å²) in [6.45, 7) is 6.44. The Morgan fingerprint density at radius 1 is 0.333 bits per heavy atom. The molecule has 0 saturated heterocycles. The highest BCUT2D eigenvalue weighted by atomic mass is 16.6. The Morgan fingerprint density at radius 3 is 1.02 bits per heavy atom. The number of rotatable bonds is 48. The molecule has 0 rings (SSSR count). The Bertz CT molecular complexity index is 1330. The molecule has 0 aromatic carbocycles. The lowest BCUT2D eigenvalue weighted by atomic mass is 10.1. The molecule has 6 nitrogen and oxygen atoms in total. The van der Waals surface area contributed by atoms with E-state index < -0.39 is 6.10 Å². The van der Waals surface area contributed by atoms with Gasteiger partial charge in [-0.05, 0) is 109 Å². The SMILES string of the molecule is CC/C=C\C/C=C\C/C=C\C/C=C\CCCCCC(=O)OCC(COC(=O)CCCCC/C=C\C=C/CCCCCCCCC)OC(=O)CCCCC/C=C\C=C/CCCCCCCCC. The molecule has 0 aliphatic heterocycles. The molecular formula is C60H100O6. The fourth-order valence-electron chi connectivity index (χ4n) is 7.24. The van der Waals surface area contributed by atoms with Crippen LogP contribution >= 0.6 is 0 Å². The van der Waals surface area contributed by atoms with E-state index in [2.05, 4.69) is 118 Å². The summed E-state index contributed by atoms with van der Waals surface area (Å²) in [5.74, 6) is -0.996. The van der Waals surface area contributed by atoms with Crippen molar-refractivity contribution < 1.29 is 28.6 Å². The van der Waals surface area contributed by atoms with Gasteiger partial charge in [-0.15, -0.1) is 0 Å². The molecule has 376 valence electrons. The average Bonchev–Trinajstić information content (AvgIpc) is 3.31. The van der Waals surface area contributed by atoms with Crippen molar-refractivity contribution in [3.8, 4) is 0 Å². The van der Waals surface area contributed by atoms with Gasteiger partial charge >= 0.3 is 17.9 Å². The summed E-state index contributed by atoms with van der Waals surface area (Å²) in [4.78, 5) is 38.0. The molecule has 1 unspecified atom stereocenters. The molecule has 0 amide bonds. The first-order valence-corrected chi connectivity index (χ1v) is 27.3. The molecule has 0 radical (unpaired) electrons. The van der Waals surface area contributed by atoms with Crippen molar-refractivity contribution in [3.05, 3.63) is 97.2 Å². The quantitative estimate of drug-likeness (QED) is 0.0199. The molecule has 0 aliphatic rings. The van der Waals surface area contributed by atoms with Gasteiger partial charge in [-0.25, -0.2) is 0 Å². The standard InChI is InChI=1S/C60H100O6/c1-4-7-10-13-16-19-22-25-28-31-34-37-40-43-46-49-52-58(61)64-55-57(66-60(63)54-51-48-45-42-39-36-33-30-27-24-21-18-15-12-9-6-3)56-65-59(62)53-50-47-44-41-38-35-32-29-26-23-20-17-14-11-8-5-2/h7,10,16,19,25,28-30,32-39,57H,4-6,8-9,11-15,17-18,20-24,26-27,31,40-56H2,1-3H3/b10-7-,19-16-,28-25-,32-29-,33-30-,37-34-,38-35-,39-36-. The maximum atomic E-state index is 12.8. The van der Waals surface area contributed by atoms with Gasteiger partial charge in [0.05, 0.1) is 0 Å². The number of hydrogen-bond acceptors (Lipinski definition) is 6. The molecule has 0 spiro atoms. The molecule has 0 aliphatic carbocycles. The Kier molecular flexibility index (Phi) is 50.9. The predicted molar refractivity (Wildman–Crippen MR) is 284 cm³/mol. The number of unbranched alkanes of at least 4 members (excludes halogenated alkanes) is 23. The normalized spacial score (nSPS) is 12.8. The Labute approximate surface area is 407 Å². The van der Waals surface area contributed by atoms with Gasteiger partial charge in [-0.2, -0.15) is 0 Å². The van der Waals surface area contributed by atoms with Crippen molar-refractivity contribution in [1.29, 1.82) is 0 Å². The minimum absolute atomic E-state index is 0.113. The molecule has 0 aromatic rings. The van der Waals surface area contributed by atoms with E-state index in [1.807, 2.05) is 0 Å². The van der Waals surface area contributed by atoms with Gasteiger partial charge in [0.25, 0.3) is 0 Å². The zero-order valence-corrected chi connectivity index (χ0v) is 42.9. The summed E-state index contributed by atoms with van der Waals surface area (Å²) < 4.78 is 16.8. The predicted octanol–water partition coefficient (Wildman–Crippen LogP) is 18.1. The van der Waals surface area contributed by atoms with Gasteiger partial charge in [-0.1, -0.05) is 214 Å². The molecule has 0 N–H and O–H groups in total. The van der Waals surface area contributed by atoms with E-state index in [-0.39, 0.29) is 37.5 Å². The van der Waals surface area contributed by atoms with Crippen molar-refractivity contribution >= 4 is 17.9 Å². The van der Waals surface area contributed by atoms with E-state index in [0.29, 0.717) is 12.8 Å². The van der Waals surface area contributed by atoms with Crippen molar-refractivity contribution in [2.45, 2.75) is 252 Å². The van der Waals surface area contributed by atoms with Crippen LogP contribution in [0.1, 0.15) is 245 Å². The average molecular weight is 917 g/mol. The molecule has 6 heteroatoms. The first-order chi connectivity index (χ1) is 32.5. The largest absolute Gasteiger partial charge is 0.462 e. The third-order valence-corrected chi connectivity index (χ3v) is 11.3. The zero-order valence-electron chi connectivity index (χ0n) is 42.9. The van der Waals surface area contributed by atoms with E-state index in [0.717, 1.165) is 116 Å². The van der Waals surface area contributed by atoms with Crippen molar-refractivity contribution in [2.24, 2.45) is 0 Å². The number of ether oxygens (including phenoxy) is 3. The second-order valence-corrected chi connectivity index (χ2v) is 17.8. The van der Waals surface area contributed by atoms with Crippen LogP contribution in [-0.2, 0) is 28.6 Å². The third-order valence-electron chi connectivity index (χ3n) is 11.3. The van der Waals surface area contributed by atoms with Crippen LogP contribution in [0.3, 0.4) is 0 Å². The monoisotopic (exact) mass is 917 g/mol. The maximum Gasteiger partial charge on any atom is 0.306 e. The van der Waals surface area contributed by atoms with E-state index >= 15 is 0 Å². The van der Waals surface area contributed by atoms with Crippen LogP contribution in [0.2, 0.25) is 0 Å². The molecule has 0 fully saturated rings. The van der Waals surface area contributed by atoms with E-state index in [1.165, 1.54) is 89.9 Å². The highest BCUT2D eigenvalue weighted by molar-refractivity contribution is 5.71. The molecule has 0 aromatic heterocycles.